The number of benzene rings is 1. The molecule has 1 heterocycles. The molecule has 40 heavy (non-hydrogen) atoms. The molecule has 3 amide bonds. The van der Waals surface area contributed by atoms with Crippen LogP contribution in [0.25, 0.3) is 0 Å². The SMILES string of the molecule is CC(C)(C)OC(=O)N[C@H](C(=O)NC1=C(SCCOC(=O)OCC(Cl)(Cl)Cl)N(C(Cl)C(=O)O)C1=O)c1ccccc1. The number of carboxylic acids is 1. The zero-order valence-electron chi connectivity index (χ0n) is 21.2. The second-order valence-electron chi connectivity index (χ2n) is 8.86. The molecule has 0 saturated heterocycles. The summed E-state index contributed by atoms with van der Waals surface area (Å²) in [6.45, 7) is 4.13. The van der Waals surface area contributed by atoms with Gasteiger partial charge in [-0.1, -0.05) is 76.7 Å². The van der Waals surface area contributed by atoms with Crippen molar-refractivity contribution in [3.63, 3.8) is 0 Å². The number of ether oxygens (including phenoxy) is 3. The number of amides is 3. The van der Waals surface area contributed by atoms with Crippen molar-refractivity contribution >= 4 is 88.2 Å². The van der Waals surface area contributed by atoms with Crippen molar-refractivity contribution in [1.29, 1.82) is 0 Å². The van der Waals surface area contributed by atoms with Crippen molar-refractivity contribution in [3.8, 4) is 0 Å². The maximum Gasteiger partial charge on any atom is 0.508 e. The van der Waals surface area contributed by atoms with Crippen molar-refractivity contribution in [1.82, 2.24) is 15.5 Å². The Labute approximate surface area is 253 Å². The molecule has 2 rings (SSSR count). The molecule has 0 fully saturated rings. The number of hydrogen-bond acceptors (Lipinski definition) is 9. The molecule has 1 aromatic rings. The van der Waals surface area contributed by atoms with E-state index in [2.05, 4.69) is 15.4 Å². The summed E-state index contributed by atoms with van der Waals surface area (Å²) in [6, 6.07) is 6.88. The van der Waals surface area contributed by atoms with Crippen molar-refractivity contribution in [3.05, 3.63) is 46.6 Å². The summed E-state index contributed by atoms with van der Waals surface area (Å²) in [5, 5.41) is 14.2. The van der Waals surface area contributed by atoms with Gasteiger partial charge in [-0.15, -0.1) is 11.8 Å². The summed E-state index contributed by atoms with van der Waals surface area (Å²) in [5.74, 6) is -3.22. The molecule has 12 nitrogen and oxygen atoms in total. The normalized spacial score (nSPS) is 15.0. The Bertz CT molecular complexity index is 1160. The zero-order valence-corrected chi connectivity index (χ0v) is 25.1. The highest BCUT2D eigenvalue weighted by atomic mass is 35.6. The Morgan fingerprint density at radius 2 is 1.70 bits per heavy atom. The topological polar surface area (TPSA) is 161 Å². The van der Waals surface area contributed by atoms with Crippen LogP contribution in [0.4, 0.5) is 9.59 Å². The Morgan fingerprint density at radius 1 is 1.07 bits per heavy atom. The highest BCUT2D eigenvalue weighted by Gasteiger charge is 2.45. The Hall–Kier alpha value is -2.58. The summed E-state index contributed by atoms with van der Waals surface area (Å²) >= 11 is 23.2. The lowest BCUT2D eigenvalue weighted by atomic mass is 10.1. The van der Waals surface area contributed by atoms with E-state index >= 15 is 0 Å². The second kappa shape index (κ2) is 14.4. The first-order valence-corrected chi connectivity index (χ1v) is 13.8. The first-order valence-electron chi connectivity index (χ1n) is 11.3. The van der Waals surface area contributed by atoms with Gasteiger partial charge in [-0.25, -0.2) is 14.4 Å². The fraction of sp³-hybridized carbons (Fsp3) is 0.435. The van der Waals surface area contributed by atoms with E-state index in [1.54, 1.807) is 51.1 Å². The van der Waals surface area contributed by atoms with Gasteiger partial charge in [0.2, 0.25) is 9.29 Å². The van der Waals surface area contributed by atoms with Crippen LogP contribution < -0.4 is 10.6 Å². The van der Waals surface area contributed by atoms with Gasteiger partial charge in [-0.2, -0.15) is 0 Å². The quantitative estimate of drug-likeness (QED) is 0.135. The minimum absolute atomic E-state index is 0.0110. The Balaban J connectivity index is 2.20. The van der Waals surface area contributed by atoms with E-state index in [0.29, 0.717) is 5.56 Å². The van der Waals surface area contributed by atoms with Crippen molar-refractivity contribution < 1.29 is 43.3 Å². The molecule has 1 aromatic carbocycles. The van der Waals surface area contributed by atoms with Gasteiger partial charge in [0, 0.05) is 5.75 Å². The maximum absolute atomic E-state index is 13.3. The van der Waals surface area contributed by atoms with Crippen LogP contribution in [0.1, 0.15) is 32.4 Å². The maximum atomic E-state index is 13.3. The third-order valence-corrected chi connectivity index (χ3v) is 6.25. The molecule has 220 valence electrons. The number of alkyl halides is 4. The first kappa shape index (κ1) is 33.6. The lowest BCUT2D eigenvalue weighted by molar-refractivity contribution is -0.145. The summed E-state index contributed by atoms with van der Waals surface area (Å²) in [4.78, 5) is 62.3. The average Bonchev–Trinajstić information content (AvgIpc) is 2.84. The fourth-order valence-electron chi connectivity index (χ4n) is 2.95. The second-order valence-corrected chi connectivity index (χ2v) is 12.9. The van der Waals surface area contributed by atoms with Crippen LogP contribution in [0.15, 0.2) is 41.1 Å². The van der Waals surface area contributed by atoms with Gasteiger partial charge in [-0.05, 0) is 26.3 Å². The van der Waals surface area contributed by atoms with E-state index in [0.717, 1.165) is 16.7 Å². The van der Waals surface area contributed by atoms with Gasteiger partial charge in [-0.3, -0.25) is 14.5 Å². The van der Waals surface area contributed by atoms with Gasteiger partial charge in [0.1, 0.15) is 35.6 Å². The summed E-state index contributed by atoms with van der Waals surface area (Å²) in [7, 11) is 0. The Kier molecular flexibility index (Phi) is 12.1. The molecule has 3 N–H and O–H groups in total. The van der Waals surface area contributed by atoms with E-state index in [9.17, 15) is 29.1 Å². The van der Waals surface area contributed by atoms with Crippen LogP contribution in [0, 0.1) is 0 Å². The monoisotopic (exact) mass is 659 g/mol. The number of rotatable bonds is 11. The highest BCUT2D eigenvalue weighted by Crippen LogP contribution is 2.36. The molecule has 1 aliphatic heterocycles. The van der Waals surface area contributed by atoms with Gasteiger partial charge < -0.3 is 30.0 Å². The van der Waals surface area contributed by atoms with Gasteiger partial charge in [0.15, 0.2) is 0 Å². The number of hydrogen-bond donors (Lipinski definition) is 3. The van der Waals surface area contributed by atoms with Crippen LogP contribution in [0.3, 0.4) is 0 Å². The van der Waals surface area contributed by atoms with Gasteiger partial charge in [0.25, 0.3) is 11.8 Å². The number of halogens is 4. The summed E-state index contributed by atoms with van der Waals surface area (Å²) in [5.41, 5.74) is -2.52. The Morgan fingerprint density at radius 3 is 2.25 bits per heavy atom. The third-order valence-electron chi connectivity index (χ3n) is 4.50. The predicted molar refractivity (Wildman–Crippen MR) is 148 cm³/mol. The highest BCUT2D eigenvalue weighted by molar-refractivity contribution is 8.03. The van der Waals surface area contributed by atoms with Gasteiger partial charge >= 0.3 is 18.2 Å². The largest absolute Gasteiger partial charge is 0.508 e. The van der Waals surface area contributed by atoms with Crippen LogP contribution >= 0.6 is 58.2 Å². The van der Waals surface area contributed by atoms with E-state index in [1.165, 1.54) is 0 Å². The molecule has 0 bridgehead atoms. The van der Waals surface area contributed by atoms with Crippen molar-refractivity contribution in [2.75, 3.05) is 19.0 Å². The number of thioether (sulfide) groups is 1. The minimum Gasteiger partial charge on any atom is -0.479 e. The fourth-order valence-corrected chi connectivity index (χ4v) is 4.33. The molecule has 0 aromatic heterocycles. The number of nitrogens with one attached hydrogen (secondary N) is 2. The van der Waals surface area contributed by atoms with Crippen LogP contribution in [-0.4, -0.2) is 73.9 Å². The summed E-state index contributed by atoms with van der Waals surface area (Å²) < 4.78 is 12.9. The predicted octanol–water partition coefficient (Wildman–Crippen LogP) is 4.29. The zero-order chi connectivity index (χ0) is 30.3. The molecule has 0 aliphatic carbocycles. The van der Waals surface area contributed by atoms with E-state index in [4.69, 9.17) is 55.9 Å². The molecular weight excluding hydrogens is 636 g/mol. The third kappa shape index (κ3) is 10.4. The molecule has 0 saturated carbocycles. The smallest absolute Gasteiger partial charge is 0.479 e. The minimum atomic E-state index is -1.83. The first-order chi connectivity index (χ1) is 18.5. The standard InChI is InChI=1S/C23H25Cl4N3O9S/c1-22(2,3)39-20(35)29-13(12-7-5-4-6-8-12)16(31)28-14-17(32)30(15(24)19(33)34)18(14)40-10-9-37-21(36)38-11-23(25,26)27/h4-8,13,15H,9-11H2,1-3H3,(H,28,31)(H,29,35)(H,33,34)/t13-,15?/m0/s1. The van der Waals surface area contributed by atoms with Crippen LogP contribution in [0.5, 0.6) is 0 Å². The number of carbonyl (C=O) groups excluding carboxylic acids is 4. The lowest BCUT2D eigenvalue weighted by Gasteiger charge is -2.37. The average molecular weight is 661 g/mol. The molecule has 0 radical (unpaired) electrons. The van der Waals surface area contributed by atoms with Gasteiger partial charge in [0.05, 0.1) is 0 Å². The van der Waals surface area contributed by atoms with Crippen molar-refractivity contribution in [2.45, 2.75) is 41.7 Å². The number of carbonyl (C=O) groups is 5. The van der Waals surface area contributed by atoms with Crippen LogP contribution in [-0.2, 0) is 28.6 Å². The molecule has 1 unspecified atom stereocenters. The van der Waals surface area contributed by atoms with E-state index < -0.39 is 57.6 Å². The number of nitrogens with zero attached hydrogens (tertiary/aromatic N) is 1. The summed E-state index contributed by atoms with van der Waals surface area (Å²) in [6.07, 6.45) is -2.01. The van der Waals surface area contributed by atoms with E-state index in [1.807, 2.05) is 0 Å². The molecular formula is C23H25Cl4N3O9S. The molecule has 1 aliphatic rings. The number of carboxylic acid groups (broad SMARTS) is 1. The molecule has 17 heteroatoms. The van der Waals surface area contributed by atoms with E-state index in [-0.39, 0.29) is 23.1 Å². The number of alkyl carbamates (subject to hydrolysis) is 1. The molecule has 2 atom stereocenters. The van der Waals surface area contributed by atoms with Crippen molar-refractivity contribution in [2.24, 2.45) is 0 Å². The van der Waals surface area contributed by atoms with Crippen LogP contribution in [0.2, 0.25) is 0 Å². The molecule has 0 spiro atoms. The number of aliphatic carboxylic acids is 1. The lowest BCUT2D eigenvalue weighted by Crippen LogP contribution is -2.54.